The molecule has 3 N–H and O–H groups in total. The fourth-order valence-electron chi connectivity index (χ4n) is 2.67. The Morgan fingerprint density at radius 3 is 2.28 bits per heavy atom. The minimum absolute atomic E-state index is 0.0152. The molecule has 25 heavy (non-hydrogen) atoms. The first-order valence-electron chi connectivity index (χ1n) is 7.00. The van der Waals surface area contributed by atoms with Crippen LogP contribution in [0.3, 0.4) is 0 Å². The molecule has 0 aliphatic carbocycles. The van der Waals surface area contributed by atoms with Gasteiger partial charge in [-0.1, -0.05) is 34.8 Å². The number of hydrogen-bond donors (Lipinski definition) is 2. The molecule has 2 aromatic carbocycles. The number of carbonyl (C=O) groups excluding carboxylic acids is 1. The second-order valence-corrected chi connectivity index (χ2v) is 9.01. The van der Waals surface area contributed by atoms with Gasteiger partial charge in [-0.05, 0) is 36.4 Å². The van der Waals surface area contributed by atoms with E-state index in [0.717, 1.165) is 0 Å². The first-order valence-corrected chi connectivity index (χ1v) is 9.76. The molecule has 0 radical (unpaired) electrons. The first kappa shape index (κ1) is 18.3. The summed E-state index contributed by atoms with van der Waals surface area (Å²) in [5.41, 5.74) is 6.01. The van der Waals surface area contributed by atoms with Crippen LogP contribution in [-0.2, 0) is 9.09 Å². The number of carbonyl (C=O) groups is 1. The van der Waals surface area contributed by atoms with E-state index in [4.69, 9.17) is 45.1 Å². The Morgan fingerprint density at radius 2 is 1.72 bits per heavy atom. The van der Waals surface area contributed by atoms with Crippen LogP contribution in [0.15, 0.2) is 36.4 Å². The van der Waals surface area contributed by atoms with Gasteiger partial charge in [-0.25, -0.2) is 0 Å². The molecule has 5 nitrogen and oxygen atoms in total. The SMILES string of the molecule is COP(=O)(c1cc(Cl)cc(Cl)c1)c1c(C(N)=O)[nH]c2ccc(Cl)cc12. The zero-order chi connectivity index (χ0) is 18.4. The number of hydrogen-bond acceptors (Lipinski definition) is 3. The maximum Gasteiger partial charge on any atom is 0.266 e. The highest BCUT2D eigenvalue weighted by Gasteiger charge is 2.35. The van der Waals surface area contributed by atoms with Crippen LogP contribution in [0.1, 0.15) is 10.5 Å². The number of nitrogens with two attached hydrogens (primary N) is 1. The molecule has 3 rings (SSSR count). The average molecular weight is 418 g/mol. The van der Waals surface area contributed by atoms with Gasteiger partial charge in [0.25, 0.3) is 13.3 Å². The highest BCUT2D eigenvalue weighted by atomic mass is 35.5. The third-order valence-electron chi connectivity index (χ3n) is 3.72. The van der Waals surface area contributed by atoms with E-state index in [0.29, 0.717) is 26.0 Å². The van der Waals surface area contributed by atoms with Crippen molar-refractivity contribution in [3.8, 4) is 0 Å². The van der Waals surface area contributed by atoms with Crippen LogP contribution in [-0.4, -0.2) is 18.0 Å². The smallest absolute Gasteiger partial charge is 0.266 e. The minimum atomic E-state index is -3.73. The number of nitrogens with one attached hydrogen (secondary N) is 1. The second-order valence-electron chi connectivity index (χ2n) is 5.26. The molecule has 0 spiro atoms. The van der Waals surface area contributed by atoms with Crippen molar-refractivity contribution in [2.24, 2.45) is 5.73 Å². The fourth-order valence-corrected chi connectivity index (χ4v) is 5.75. The van der Waals surface area contributed by atoms with Crippen molar-refractivity contribution in [2.75, 3.05) is 7.11 Å². The zero-order valence-electron chi connectivity index (χ0n) is 12.8. The van der Waals surface area contributed by atoms with Gasteiger partial charge >= 0.3 is 0 Å². The van der Waals surface area contributed by atoms with Gasteiger partial charge < -0.3 is 15.2 Å². The molecule has 0 saturated carbocycles. The minimum Gasteiger partial charge on any atom is -0.364 e. The van der Waals surface area contributed by atoms with Gasteiger partial charge in [0.1, 0.15) is 5.69 Å². The van der Waals surface area contributed by atoms with Crippen LogP contribution >= 0.6 is 42.2 Å². The molecule has 1 amide bonds. The van der Waals surface area contributed by atoms with Gasteiger partial charge in [0.05, 0.1) is 5.30 Å². The summed E-state index contributed by atoms with van der Waals surface area (Å²) in [7, 11) is -2.45. The summed E-state index contributed by atoms with van der Waals surface area (Å²) in [6.45, 7) is 0. The summed E-state index contributed by atoms with van der Waals surface area (Å²) < 4.78 is 19.2. The molecule has 3 aromatic rings. The number of primary amides is 1. The first-order chi connectivity index (χ1) is 11.8. The number of rotatable bonds is 4. The van der Waals surface area contributed by atoms with Crippen molar-refractivity contribution >= 4 is 69.6 Å². The van der Waals surface area contributed by atoms with Crippen LogP contribution in [0.5, 0.6) is 0 Å². The summed E-state index contributed by atoms with van der Waals surface area (Å²) in [5.74, 6) is -0.771. The largest absolute Gasteiger partial charge is 0.364 e. The fraction of sp³-hybridized carbons (Fsp3) is 0.0625. The standard InChI is InChI=1S/C16H12Cl3N2O3P/c1-24-25(23,11-5-9(18)4-10(19)6-11)15-12-7-8(17)2-3-13(12)21-14(15)16(20)22/h2-7,21H,1H3,(H2,20,22). The topological polar surface area (TPSA) is 85.2 Å². The summed E-state index contributed by atoms with van der Waals surface area (Å²) in [6, 6.07) is 9.36. The van der Waals surface area contributed by atoms with Crippen LogP contribution in [0.4, 0.5) is 0 Å². The van der Waals surface area contributed by atoms with Crippen molar-refractivity contribution in [1.29, 1.82) is 0 Å². The van der Waals surface area contributed by atoms with Crippen molar-refractivity contribution in [2.45, 2.75) is 0 Å². The van der Waals surface area contributed by atoms with E-state index < -0.39 is 13.3 Å². The normalized spacial score (nSPS) is 13.8. The molecular weight excluding hydrogens is 406 g/mol. The molecule has 130 valence electrons. The Labute approximate surface area is 158 Å². The van der Waals surface area contributed by atoms with E-state index in [9.17, 15) is 9.36 Å². The Morgan fingerprint density at radius 1 is 1.08 bits per heavy atom. The summed E-state index contributed by atoms with van der Waals surface area (Å²) in [6.07, 6.45) is 0. The average Bonchev–Trinajstić information content (AvgIpc) is 2.92. The van der Waals surface area contributed by atoms with E-state index in [1.165, 1.54) is 25.3 Å². The van der Waals surface area contributed by atoms with E-state index in [1.54, 1.807) is 18.2 Å². The molecule has 0 bridgehead atoms. The molecule has 1 unspecified atom stereocenters. The molecule has 0 aliphatic heterocycles. The molecular formula is C16H12Cl3N2O3P. The van der Waals surface area contributed by atoms with Crippen LogP contribution in [0.2, 0.25) is 15.1 Å². The van der Waals surface area contributed by atoms with Crippen LogP contribution < -0.4 is 16.3 Å². The second kappa shape index (κ2) is 6.67. The summed E-state index contributed by atoms with van der Waals surface area (Å²) in [4.78, 5) is 14.8. The Hall–Kier alpha value is -1.49. The molecule has 1 aromatic heterocycles. The van der Waals surface area contributed by atoms with E-state index >= 15 is 0 Å². The van der Waals surface area contributed by atoms with Gasteiger partial charge in [0, 0.05) is 38.4 Å². The predicted molar refractivity (Wildman–Crippen MR) is 102 cm³/mol. The zero-order valence-corrected chi connectivity index (χ0v) is 16.0. The number of halogens is 3. The highest BCUT2D eigenvalue weighted by molar-refractivity contribution is 7.75. The maximum absolute atomic E-state index is 13.8. The monoisotopic (exact) mass is 416 g/mol. The van der Waals surface area contributed by atoms with Gasteiger partial charge in [0.2, 0.25) is 0 Å². The highest BCUT2D eigenvalue weighted by Crippen LogP contribution is 2.48. The van der Waals surface area contributed by atoms with Gasteiger partial charge in [-0.2, -0.15) is 0 Å². The predicted octanol–water partition coefficient (Wildman–Crippen LogP) is 4.10. The Bertz CT molecular complexity index is 1030. The quantitative estimate of drug-likeness (QED) is 0.627. The number of fused-ring (bicyclic) bond motifs is 1. The van der Waals surface area contributed by atoms with E-state index in [2.05, 4.69) is 4.98 Å². The third kappa shape index (κ3) is 3.19. The number of benzene rings is 2. The summed E-state index contributed by atoms with van der Waals surface area (Å²) >= 11 is 18.1. The molecule has 1 atom stereocenters. The lowest BCUT2D eigenvalue weighted by Crippen LogP contribution is -2.25. The number of H-pyrrole nitrogens is 1. The number of amides is 1. The van der Waals surface area contributed by atoms with Gasteiger partial charge in [-0.15, -0.1) is 0 Å². The molecule has 0 saturated heterocycles. The van der Waals surface area contributed by atoms with Crippen molar-refractivity contribution in [1.82, 2.24) is 4.98 Å². The molecule has 1 heterocycles. The molecule has 0 fully saturated rings. The lowest BCUT2D eigenvalue weighted by Gasteiger charge is -2.18. The summed E-state index contributed by atoms with van der Waals surface area (Å²) in [5, 5.41) is 1.85. The van der Waals surface area contributed by atoms with E-state index in [1.807, 2.05) is 0 Å². The van der Waals surface area contributed by atoms with Crippen molar-refractivity contribution < 1.29 is 13.9 Å². The molecule has 0 aliphatic rings. The van der Waals surface area contributed by atoms with Crippen LogP contribution in [0.25, 0.3) is 10.9 Å². The lowest BCUT2D eigenvalue weighted by molar-refractivity contribution is 0.0997. The van der Waals surface area contributed by atoms with Crippen molar-refractivity contribution in [3.63, 3.8) is 0 Å². The van der Waals surface area contributed by atoms with Gasteiger partial charge in [-0.3, -0.25) is 9.36 Å². The van der Waals surface area contributed by atoms with Crippen LogP contribution in [0, 0.1) is 0 Å². The number of aromatic nitrogens is 1. The molecule has 9 heteroatoms. The van der Waals surface area contributed by atoms with Gasteiger partial charge in [0.15, 0.2) is 0 Å². The number of aromatic amines is 1. The Balaban J connectivity index is 2.42. The van der Waals surface area contributed by atoms with E-state index in [-0.39, 0.29) is 16.3 Å². The third-order valence-corrected chi connectivity index (χ3v) is 6.90. The lowest BCUT2D eigenvalue weighted by atomic mass is 10.2. The Kier molecular flexibility index (Phi) is 4.89. The van der Waals surface area contributed by atoms with Crippen molar-refractivity contribution in [3.05, 3.63) is 57.2 Å². The maximum atomic E-state index is 13.8.